The van der Waals surface area contributed by atoms with Crippen molar-refractivity contribution in [1.82, 2.24) is 5.32 Å². The molecule has 1 unspecified atom stereocenters. The fraction of sp³-hybridized carbons (Fsp3) is 0.300. The number of hydrogen-bond donors (Lipinski definition) is 2. The molecule has 4 nitrogen and oxygen atoms in total. The number of benzene rings is 1. The van der Waals surface area contributed by atoms with Crippen LogP contribution in [-0.2, 0) is 0 Å². The maximum atomic E-state index is 13.0. The van der Waals surface area contributed by atoms with E-state index in [1.165, 1.54) is 18.2 Å². The normalized spacial score (nSPS) is 11.9. The molecular weight excluding hydrogens is 199 g/mol. The molecule has 82 valence electrons. The Labute approximate surface area is 87.2 Å². The van der Waals surface area contributed by atoms with Crippen molar-refractivity contribution < 1.29 is 13.9 Å². The molecule has 1 atom stereocenters. The van der Waals surface area contributed by atoms with Crippen molar-refractivity contribution in [3.63, 3.8) is 0 Å². The largest absolute Gasteiger partial charge is 0.412 e. The molecule has 0 saturated heterocycles. The van der Waals surface area contributed by atoms with E-state index in [-0.39, 0.29) is 11.8 Å². The Hall–Kier alpha value is -1.62. The first-order valence-electron chi connectivity index (χ1n) is 4.56. The lowest BCUT2D eigenvalue weighted by atomic mass is 10.3. The standard InChI is InChI=1S/C10H13FN2O2/c1-7(6-12)13-10(14)15-9-5-3-2-4-8(9)11/h2-5,7H,6,12H2,1H3,(H,13,14). The number of nitrogens with two attached hydrogens (primary N) is 1. The summed E-state index contributed by atoms with van der Waals surface area (Å²) in [6.07, 6.45) is -0.710. The molecule has 1 aromatic carbocycles. The lowest BCUT2D eigenvalue weighted by molar-refractivity contribution is 0.195. The zero-order chi connectivity index (χ0) is 11.3. The summed E-state index contributed by atoms with van der Waals surface area (Å²) >= 11 is 0. The van der Waals surface area contributed by atoms with Gasteiger partial charge in [0.05, 0.1) is 0 Å². The minimum atomic E-state index is -0.710. The van der Waals surface area contributed by atoms with Crippen molar-refractivity contribution >= 4 is 6.09 Å². The van der Waals surface area contributed by atoms with Gasteiger partial charge in [-0.05, 0) is 19.1 Å². The van der Waals surface area contributed by atoms with Crippen LogP contribution in [-0.4, -0.2) is 18.7 Å². The SMILES string of the molecule is CC(CN)NC(=O)Oc1ccccc1F. The van der Waals surface area contributed by atoms with Crippen molar-refractivity contribution in [2.75, 3.05) is 6.54 Å². The van der Waals surface area contributed by atoms with E-state index in [1.807, 2.05) is 0 Å². The third-order valence-electron chi connectivity index (χ3n) is 1.76. The summed E-state index contributed by atoms with van der Waals surface area (Å²) in [5.74, 6) is -0.674. The lowest BCUT2D eigenvalue weighted by Gasteiger charge is -2.11. The number of rotatable bonds is 3. The van der Waals surface area contributed by atoms with Crippen LogP contribution in [0, 0.1) is 5.82 Å². The van der Waals surface area contributed by atoms with Crippen molar-refractivity contribution in [2.24, 2.45) is 5.73 Å². The van der Waals surface area contributed by atoms with E-state index in [9.17, 15) is 9.18 Å². The molecule has 0 bridgehead atoms. The average Bonchev–Trinajstić information content (AvgIpc) is 2.21. The molecule has 0 fully saturated rings. The van der Waals surface area contributed by atoms with Crippen LogP contribution in [0.15, 0.2) is 24.3 Å². The van der Waals surface area contributed by atoms with Crippen LogP contribution in [0.1, 0.15) is 6.92 Å². The molecule has 5 heteroatoms. The molecule has 0 aliphatic rings. The molecule has 15 heavy (non-hydrogen) atoms. The van der Waals surface area contributed by atoms with E-state index in [0.717, 1.165) is 0 Å². The Morgan fingerprint density at radius 2 is 2.27 bits per heavy atom. The van der Waals surface area contributed by atoms with Crippen LogP contribution < -0.4 is 15.8 Å². The van der Waals surface area contributed by atoms with Crippen LogP contribution in [0.5, 0.6) is 5.75 Å². The molecule has 1 aromatic rings. The predicted molar refractivity (Wildman–Crippen MR) is 54.1 cm³/mol. The second-order valence-corrected chi connectivity index (χ2v) is 3.10. The van der Waals surface area contributed by atoms with Crippen molar-refractivity contribution in [1.29, 1.82) is 0 Å². The van der Waals surface area contributed by atoms with E-state index < -0.39 is 11.9 Å². The Kier molecular flexibility index (Phi) is 4.05. The molecular formula is C10H13FN2O2. The summed E-state index contributed by atoms with van der Waals surface area (Å²) in [6.45, 7) is 2.02. The first kappa shape index (κ1) is 11.5. The van der Waals surface area contributed by atoms with Crippen molar-refractivity contribution in [2.45, 2.75) is 13.0 Å². The van der Waals surface area contributed by atoms with Gasteiger partial charge in [0.2, 0.25) is 0 Å². The smallest absolute Gasteiger partial charge is 0.407 e. The summed E-state index contributed by atoms with van der Waals surface area (Å²) in [5.41, 5.74) is 5.30. The average molecular weight is 212 g/mol. The van der Waals surface area contributed by atoms with Gasteiger partial charge in [0.1, 0.15) is 0 Å². The number of carbonyl (C=O) groups excluding carboxylic acids is 1. The van der Waals surface area contributed by atoms with E-state index in [0.29, 0.717) is 6.54 Å². The predicted octanol–water partition coefficient (Wildman–Crippen LogP) is 1.26. The second-order valence-electron chi connectivity index (χ2n) is 3.10. The van der Waals surface area contributed by atoms with E-state index in [4.69, 9.17) is 10.5 Å². The quantitative estimate of drug-likeness (QED) is 0.792. The summed E-state index contributed by atoms with van der Waals surface area (Å²) in [4.78, 5) is 11.2. The first-order chi connectivity index (χ1) is 7.13. The molecule has 0 aromatic heterocycles. The summed E-state index contributed by atoms with van der Waals surface area (Å²) < 4.78 is 17.8. The fourth-order valence-electron chi connectivity index (χ4n) is 0.917. The van der Waals surface area contributed by atoms with Crippen molar-refractivity contribution in [3.8, 4) is 5.75 Å². The van der Waals surface area contributed by atoms with Crippen LogP contribution >= 0.6 is 0 Å². The third kappa shape index (κ3) is 3.55. The number of para-hydroxylation sites is 1. The van der Waals surface area contributed by atoms with Gasteiger partial charge in [0, 0.05) is 12.6 Å². The van der Waals surface area contributed by atoms with Gasteiger partial charge in [0.15, 0.2) is 11.6 Å². The van der Waals surface area contributed by atoms with Gasteiger partial charge in [-0.2, -0.15) is 0 Å². The van der Waals surface area contributed by atoms with Gasteiger partial charge >= 0.3 is 6.09 Å². The van der Waals surface area contributed by atoms with Gasteiger partial charge in [0.25, 0.3) is 0 Å². The van der Waals surface area contributed by atoms with Gasteiger partial charge in [-0.3, -0.25) is 0 Å². The van der Waals surface area contributed by atoms with Crippen LogP contribution in [0.2, 0.25) is 0 Å². The molecule has 0 spiro atoms. The molecule has 0 saturated carbocycles. The van der Waals surface area contributed by atoms with Crippen molar-refractivity contribution in [3.05, 3.63) is 30.1 Å². The molecule has 0 aliphatic carbocycles. The van der Waals surface area contributed by atoms with Gasteiger partial charge < -0.3 is 15.8 Å². The molecule has 0 aliphatic heterocycles. The molecule has 0 heterocycles. The van der Waals surface area contributed by atoms with Gasteiger partial charge in [-0.1, -0.05) is 12.1 Å². The maximum Gasteiger partial charge on any atom is 0.412 e. The minimum absolute atomic E-state index is 0.0979. The molecule has 1 amide bonds. The minimum Gasteiger partial charge on any atom is -0.407 e. The number of amides is 1. The first-order valence-corrected chi connectivity index (χ1v) is 4.56. The highest BCUT2D eigenvalue weighted by Gasteiger charge is 2.10. The lowest BCUT2D eigenvalue weighted by Crippen LogP contribution is -2.39. The zero-order valence-electron chi connectivity index (χ0n) is 8.37. The van der Waals surface area contributed by atoms with E-state index in [1.54, 1.807) is 13.0 Å². The highest BCUT2D eigenvalue weighted by Crippen LogP contribution is 2.15. The third-order valence-corrected chi connectivity index (χ3v) is 1.76. The number of nitrogens with one attached hydrogen (secondary N) is 1. The van der Waals surface area contributed by atoms with E-state index >= 15 is 0 Å². The Bertz CT molecular complexity index is 344. The van der Waals surface area contributed by atoms with Crippen LogP contribution in [0.3, 0.4) is 0 Å². The number of carbonyl (C=O) groups is 1. The van der Waals surface area contributed by atoms with Crippen LogP contribution in [0.25, 0.3) is 0 Å². The fourth-order valence-corrected chi connectivity index (χ4v) is 0.917. The highest BCUT2D eigenvalue weighted by molar-refractivity contribution is 5.70. The summed E-state index contributed by atoms with van der Waals surface area (Å²) in [5, 5.41) is 2.45. The monoisotopic (exact) mass is 212 g/mol. The maximum absolute atomic E-state index is 13.0. The van der Waals surface area contributed by atoms with Crippen LogP contribution in [0.4, 0.5) is 9.18 Å². The highest BCUT2D eigenvalue weighted by atomic mass is 19.1. The molecule has 3 N–H and O–H groups in total. The number of hydrogen-bond acceptors (Lipinski definition) is 3. The summed E-state index contributed by atoms with van der Waals surface area (Å²) in [7, 11) is 0. The topological polar surface area (TPSA) is 64.3 Å². The Morgan fingerprint density at radius 1 is 1.60 bits per heavy atom. The summed E-state index contributed by atoms with van der Waals surface area (Å²) in [6, 6.07) is 5.49. The number of halogens is 1. The second kappa shape index (κ2) is 5.31. The van der Waals surface area contributed by atoms with Gasteiger partial charge in [-0.15, -0.1) is 0 Å². The molecule has 0 radical (unpaired) electrons. The number of ether oxygens (including phenoxy) is 1. The Balaban J connectivity index is 2.55. The van der Waals surface area contributed by atoms with E-state index in [2.05, 4.69) is 5.32 Å². The zero-order valence-corrected chi connectivity index (χ0v) is 8.37. The molecule has 1 rings (SSSR count). The van der Waals surface area contributed by atoms with Gasteiger partial charge in [-0.25, -0.2) is 9.18 Å². The Morgan fingerprint density at radius 3 is 2.87 bits per heavy atom.